The number of hydrazone groups is 1. The van der Waals surface area contributed by atoms with Gasteiger partial charge in [-0.3, -0.25) is 5.43 Å². The van der Waals surface area contributed by atoms with Crippen molar-refractivity contribution in [3.63, 3.8) is 0 Å². The van der Waals surface area contributed by atoms with Gasteiger partial charge in [-0.15, -0.1) is 11.3 Å². The Balaban J connectivity index is 1.72. The Morgan fingerprint density at radius 1 is 0.963 bits per heavy atom. The summed E-state index contributed by atoms with van der Waals surface area (Å²) in [5.74, 6) is -1.22. The molecule has 27 heavy (non-hydrogen) atoms. The normalized spacial score (nSPS) is 12.7. The van der Waals surface area contributed by atoms with E-state index in [-0.39, 0.29) is 11.3 Å². The Hall–Kier alpha value is -3.07. The van der Waals surface area contributed by atoms with Crippen LogP contribution in [0.25, 0.3) is 21.1 Å². The minimum Gasteiger partial charge on any atom is -0.260 e. The fourth-order valence-corrected chi connectivity index (χ4v) is 3.41. The molecule has 4 aromatic rings. The van der Waals surface area contributed by atoms with Crippen LogP contribution in [-0.2, 0) is 6.18 Å². The number of aromatic nitrogens is 3. The third-order valence-electron chi connectivity index (χ3n) is 3.79. The van der Waals surface area contributed by atoms with Crippen LogP contribution < -0.4 is 5.43 Å². The molecule has 0 aliphatic rings. The van der Waals surface area contributed by atoms with Crippen molar-refractivity contribution < 1.29 is 13.2 Å². The number of hydrogen-bond acceptors (Lipinski definition) is 6. The molecule has 2 aromatic heterocycles. The first kappa shape index (κ1) is 17.3. The number of halogens is 3. The van der Waals surface area contributed by atoms with E-state index in [4.69, 9.17) is 0 Å². The molecule has 0 aliphatic heterocycles. The fourth-order valence-electron chi connectivity index (χ4n) is 2.50. The Bertz CT molecular complexity index is 1130. The average molecular weight is 387 g/mol. The van der Waals surface area contributed by atoms with Crippen LogP contribution in [0.15, 0.2) is 53.6 Å². The number of thiazole rings is 1. The molecule has 5 nitrogen and oxygen atoms in total. The lowest BCUT2D eigenvalue weighted by Gasteiger charge is -2.10. The van der Waals surface area contributed by atoms with Crippen molar-refractivity contribution in [3.05, 3.63) is 59.4 Å². The van der Waals surface area contributed by atoms with Gasteiger partial charge >= 0.3 is 6.18 Å². The first-order valence-corrected chi connectivity index (χ1v) is 8.74. The number of anilines is 1. The van der Waals surface area contributed by atoms with Crippen molar-refractivity contribution in [2.45, 2.75) is 13.1 Å². The lowest BCUT2D eigenvalue weighted by molar-refractivity contribution is -0.144. The van der Waals surface area contributed by atoms with Gasteiger partial charge in [0.1, 0.15) is 5.01 Å². The lowest BCUT2D eigenvalue weighted by Crippen LogP contribution is -2.13. The molecule has 0 saturated carbocycles. The molecule has 2 heterocycles. The predicted molar refractivity (Wildman–Crippen MR) is 100.0 cm³/mol. The van der Waals surface area contributed by atoms with Crippen molar-refractivity contribution in [1.82, 2.24) is 15.0 Å². The highest BCUT2D eigenvalue weighted by atomic mass is 32.1. The van der Waals surface area contributed by atoms with Crippen LogP contribution in [0.2, 0.25) is 0 Å². The number of benzene rings is 2. The van der Waals surface area contributed by atoms with E-state index >= 15 is 0 Å². The van der Waals surface area contributed by atoms with Crippen molar-refractivity contribution in [3.8, 4) is 0 Å². The van der Waals surface area contributed by atoms with E-state index in [1.807, 2.05) is 24.3 Å². The molecule has 0 bridgehead atoms. The smallest absolute Gasteiger partial charge is 0.260 e. The molecule has 4 rings (SSSR count). The second-order valence-corrected chi connectivity index (χ2v) is 6.74. The molecule has 0 fully saturated rings. The van der Waals surface area contributed by atoms with Gasteiger partial charge in [0.25, 0.3) is 0 Å². The second kappa shape index (κ2) is 6.58. The third-order valence-corrected chi connectivity index (χ3v) is 4.93. The quantitative estimate of drug-likeness (QED) is 0.393. The van der Waals surface area contributed by atoms with E-state index in [1.54, 1.807) is 25.1 Å². The predicted octanol–water partition coefficient (Wildman–Crippen LogP) is 5.09. The molecule has 136 valence electrons. The van der Waals surface area contributed by atoms with Crippen molar-refractivity contribution >= 4 is 44.0 Å². The maximum atomic E-state index is 13.1. The molecule has 0 unspecified atom stereocenters. The van der Waals surface area contributed by atoms with Crippen LogP contribution >= 0.6 is 11.3 Å². The zero-order valence-electron chi connectivity index (χ0n) is 13.9. The summed E-state index contributed by atoms with van der Waals surface area (Å²) in [6, 6.07) is 14.1. The van der Waals surface area contributed by atoms with E-state index in [2.05, 4.69) is 25.5 Å². The molecule has 0 aliphatic carbocycles. The molecular weight excluding hydrogens is 375 g/mol. The molecule has 0 radical (unpaired) electrons. The first-order chi connectivity index (χ1) is 12.9. The van der Waals surface area contributed by atoms with E-state index in [0.717, 1.165) is 10.2 Å². The summed E-state index contributed by atoms with van der Waals surface area (Å²) in [6.45, 7) is 1.73. The molecule has 0 atom stereocenters. The molecule has 2 aromatic carbocycles. The summed E-state index contributed by atoms with van der Waals surface area (Å²) >= 11 is 1.46. The van der Waals surface area contributed by atoms with E-state index in [1.165, 1.54) is 17.4 Å². The highest BCUT2D eigenvalue weighted by molar-refractivity contribution is 7.20. The number of hydrogen-bond donors (Lipinski definition) is 1. The third kappa shape index (κ3) is 3.45. The van der Waals surface area contributed by atoms with Gasteiger partial charge in [-0.05, 0) is 31.2 Å². The Morgan fingerprint density at radius 3 is 2.41 bits per heavy atom. The van der Waals surface area contributed by atoms with E-state index in [0.29, 0.717) is 16.1 Å². The SMILES string of the molecule is C/C(=N/Nc1nc(C(F)(F)F)nc2ccccc12)c1nc2ccccc2s1. The van der Waals surface area contributed by atoms with Gasteiger partial charge < -0.3 is 0 Å². The average Bonchev–Trinajstić information content (AvgIpc) is 3.09. The van der Waals surface area contributed by atoms with Crippen molar-refractivity contribution in [2.75, 3.05) is 5.43 Å². The van der Waals surface area contributed by atoms with Gasteiger partial charge in [0.2, 0.25) is 5.82 Å². The van der Waals surface area contributed by atoms with Gasteiger partial charge in [-0.1, -0.05) is 24.3 Å². The van der Waals surface area contributed by atoms with E-state index < -0.39 is 12.0 Å². The zero-order chi connectivity index (χ0) is 19.0. The van der Waals surface area contributed by atoms with Gasteiger partial charge in [-0.2, -0.15) is 18.3 Å². The van der Waals surface area contributed by atoms with Crippen LogP contribution in [0.5, 0.6) is 0 Å². The Labute approximate surface area is 155 Å². The van der Waals surface area contributed by atoms with Gasteiger partial charge in [-0.25, -0.2) is 15.0 Å². The zero-order valence-corrected chi connectivity index (χ0v) is 14.8. The number of nitrogens with one attached hydrogen (secondary N) is 1. The lowest BCUT2D eigenvalue weighted by atomic mass is 10.2. The molecule has 0 saturated heterocycles. The molecule has 1 N–H and O–H groups in total. The van der Waals surface area contributed by atoms with Crippen LogP contribution in [-0.4, -0.2) is 20.7 Å². The van der Waals surface area contributed by atoms with Gasteiger partial charge in [0, 0.05) is 5.39 Å². The number of nitrogens with zero attached hydrogens (tertiary/aromatic N) is 4. The Morgan fingerprint density at radius 2 is 1.67 bits per heavy atom. The van der Waals surface area contributed by atoms with Crippen LogP contribution in [0.3, 0.4) is 0 Å². The first-order valence-electron chi connectivity index (χ1n) is 7.92. The van der Waals surface area contributed by atoms with Gasteiger partial charge in [0.05, 0.1) is 21.4 Å². The maximum absolute atomic E-state index is 13.1. The summed E-state index contributed by atoms with van der Waals surface area (Å²) in [4.78, 5) is 11.7. The molecule has 9 heteroatoms. The number of rotatable bonds is 3. The summed E-state index contributed by atoms with van der Waals surface area (Å²) in [7, 11) is 0. The Kier molecular flexibility index (Phi) is 4.23. The number of alkyl halides is 3. The number of fused-ring (bicyclic) bond motifs is 2. The standard InChI is InChI=1S/C18H12F3N5S/c1-10(16-22-13-8-4-5-9-14(13)27-16)25-26-15-11-6-2-3-7-12(11)23-17(24-15)18(19,20)21/h2-9H,1H3,(H,23,24,26)/b25-10-. The van der Waals surface area contributed by atoms with Crippen LogP contribution in [0.4, 0.5) is 19.0 Å². The number of para-hydroxylation sites is 2. The minimum atomic E-state index is -4.65. The monoisotopic (exact) mass is 387 g/mol. The highest BCUT2D eigenvalue weighted by Crippen LogP contribution is 2.30. The fraction of sp³-hybridized carbons (Fsp3) is 0.111. The van der Waals surface area contributed by atoms with E-state index in [9.17, 15) is 13.2 Å². The maximum Gasteiger partial charge on any atom is 0.451 e. The minimum absolute atomic E-state index is 0.00612. The summed E-state index contributed by atoms with van der Waals surface area (Å²) in [5, 5.41) is 5.32. The largest absolute Gasteiger partial charge is 0.451 e. The van der Waals surface area contributed by atoms with Crippen LogP contribution in [0, 0.1) is 0 Å². The van der Waals surface area contributed by atoms with Gasteiger partial charge in [0.15, 0.2) is 5.82 Å². The topological polar surface area (TPSA) is 63.1 Å². The summed E-state index contributed by atoms with van der Waals surface area (Å²) in [6.07, 6.45) is -4.65. The summed E-state index contributed by atoms with van der Waals surface area (Å²) in [5.41, 5.74) is 4.23. The van der Waals surface area contributed by atoms with Crippen molar-refractivity contribution in [2.24, 2.45) is 5.10 Å². The summed E-state index contributed by atoms with van der Waals surface area (Å²) < 4.78 is 40.3. The molecular formula is C18H12F3N5S. The highest BCUT2D eigenvalue weighted by Gasteiger charge is 2.35. The molecule has 0 amide bonds. The second-order valence-electron chi connectivity index (χ2n) is 5.71. The molecule has 0 spiro atoms. The van der Waals surface area contributed by atoms with Crippen LogP contribution in [0.1, 0.15) is 17.8 Å². The van der Waals surface area contributed by atoms with Crippen molar-refractivity contribution in [1.29, 1.82) is 0 Å².